The molecule has 4 rings (SSSR count). The highest BCUT2D eigenvalue weighted by molar-refractivity contribution is 5.82. The van der Waals surface area contributed by atoms with Crippen LogP contribution in [0, 0.1) is 0 Å². The van der Waals surface area contributed by atoms with Crippen LogP contribution >= 0.6 is 0 Å². The van der Waals surface area contributed by atoms with E-state index in [0.717, 1.165) is 30.7 Å². The van der Waals surface area contributed by atoms with Crippen LogP contribution < -0.4 is 0 Å². The minimum atomic E-state index is -0.183. The van der Waals surface area contributed by atoms with Crippen molar-refractivity contribution < 1.29 is 9.53 Å². The lowest BCUT2D eigenvalue weighted by atomic mass is 9.78. The van der Waals surface area contributed by atoms with Gasteiger partial charge >= 0.3 is 5.97 Å². The molecule has 1 aliphatic carbocycles. The summed E-state index contributed by atoms with van der Waals surface area (Å²) in [6.07, 6.45) is 2.47. The Bertz CT molecular complexity index is 918. The predicted octanol–water partition coefficient (Wildman–Crippen LogP) is 2.98. The van der Waals surface area contributed by atoms with Crippen molar-refractivity contribution in [2.75, 3.05) is 0 Å². The average molecular weight is 347 g/mol. The van der Waals surface area contributed by atoms with Crippen molar-refractivity contribution in [2.24, 2.45) is 7.05 Å². The first kappa shape index (κ1) is 16.5. The number of hydrogen-bond donors (Lipinski definition) is 0. The summed E-state index contributed by atoms with van der Waals surface area (Å²) in [5.41, 5.74) is 3.59. The fraction of sp³-hybridized carbons (Fsp3) is 0.286. The van der Waals surface area contributed by atoms with Crippen LogP contribution in [0.15, 0.2) is 54.6 Å². The largest absolute Gasteiger partial charge is 0.457 e. The van der Waals surface area contributed by atoms with Crippen molar-refractivity contribution in [1.82, 2.24) is 14.8 Å². The summed E-state index contributed by atoms with van der Waals surface area (Å²) in [5, 5.41) is 8.43. The van der Waals surface area contributed by atoms with Gasteiger partial charge in [-0.15, -0.1) is 10.2 Å². The van der Waals surface area contributed by atoms with Gasteiger partial charge in [-0.05, 0) is 29.5 Å². The Labute approximate surface area is 152 Å². The number of aryl methyl sites for hydroxylation is 2. The molecular weight excluding hydrogens is 326 g/mol. The number of esters is 1. The summed E-state index contributed by atoms with van der Waals surface area (Å²) in [4.78, 5) is 12.3. The lowest BCUT2D eigenvalue weighted by Gasteiger charge is -2.27. The Morgan fingerprint density at radius 2 is 1.77 bits per heavy atom. The van der Waals surface area contributed by atoms with E-state index in [-0.39, 0.29) is 18.5 Å². The molecule has 1 unspecified atom stereocenters. The second kappa shape index (κ2) is 7.12. The maximum Gasteiger partial charge on any atom is 0.314 e. The monoisotopic (exact) mass is 347 g/mol. The highest BCUT2D eigenvalue weighted by atomic mass is 16.5. The molecule has 0 bridgehead atoms. The molecule has 3 aromatic rings. The Balaban J connectivity index is 1.33. The number of hydrogen-bond acceptors (Lipinski definition) is 4. The minimum Gasteiger partial charge on any atom is -0.457 e. The molecule has 0 saturated carbocycles. The van der Waals surface area contributed by atoms with E-state index in [2.05, 4.69) is 28.4 Å². The Morgan fingerprint density at radius 3 is 2.58 bits per heavy atom. The van der Waals surface area contributed by atoms with Crippen molar-refractivity contribution in [3.8, 4) is 0 Å². The maximum absolute atomic E-state index is 12.3. The zero-order chi connectivity index (χ0) is 17.9. The van der Waals surface area contributed by atoms with E-state index < -0.39 is 0 Å². The van der Waals surface area contributed by atoms with Crippen LogP contribution in [0.2, 0.25) is 0 Å². The van der Waals surface area contributed by atoms with E-state index >= 15 is 0 Å². The third-order valence-electron chi connectivity index (χ3n) is 5.02. The molecule has 1 aromatic heterocycles. The van der Waals surface area contributed by atoms with E-state index in [1.54, 1.807) is 0 Å². The maximum atomic E-state index is 12.3. The highest BCUT2D eigenvalue weighted by Gasteiger charge is 2.33. The van der Waals surface area contributed by atoms with Crippen molar-refractivity contribution >= 4 is 5.97 Å². The van der Waals surface area contributed by atoms with Gasteiger partial charge in [-0.2, -0.15) is 0 Å². The number of aromatic nitrogens is 3. The summed E-state index contributed by atoms with van der Waals surface area (Å²) in [5.74, 6) is 1.25. The van der Waals surface area contributed by atoms with E-state index in [9.17, 15) is 4.79 Å². The number of ether oxygens (including phenoxy) is 1. The molecule has 0 spiro atoms. The number of nitrogens with zero attached hydrogens (tertiary/aromatic N) is 3. The summed E-state index contributed by atoms with van der Waals surface area (Å²) in [7, 11) is 1.92. The molecule has 26 heavy (non-hydrogen) atoms. The molecule has 1 heterocycles. The minimum absolute atomic E-state index is 0.142. The quantitative estimate of drug-likeness (QED) is 0.643. The third-order valence-corrected chi connectivity index (χ3v) is 5.02. The van der Waals surface area contributed by atoms with Crippen LogP contribution in [0.1, 0.15) is 34.3 Å². The van der Waals surface area contributed by atoms with Crippen molar-refractivity contribution in [3.63, 3.8) is 0 Å². The molecule has 1 aliphatic rings. The fourth-order valence-electron chi connectivity index (χ4n) is 3.35. The molecule has 132 valence electrons. The number of benzene rings is 2. The van der Waals surface area contributed by atoms with E-state index in [4.69, 9.17) is 4.74 Å². The molecule has 2 aromatic carbocycles. The predicted molar refractivity (Wildman–Crippen MR) is 97.5 cm³/mol. The number of carbonyl (C=O) groups excluding carboxylic acids is 1. The van der Waals surface area contributed by atoms with Gasteiger partial charge in [0.25, 0.3) is 0 Å². The van der Waals surface area contributed by atoms with Gasteiger partial charge in [-0.25, -0.2) is 0 Å². The number of fused-ring (bicyclic) bond motifs is 1. The van der Waals surface area contributed by atoms with Crippen molar-refractivity contribution in [2.45, 2.75) is 31.8 Å². The van der Waals surface area contributed by atoms with Gasteiger partial charge in [-0.1, -0.05) is 54.6 Å². The van der Waals surface area contributed by atoms with Gasteiger partial charge in [0.1, 0.15) is 5.82 Å². The molecule has 0 aliphatic heterocycles. The normalized spacial score (nSPS) is 15.2. The molecule has 5 nitrogen and oxygen atoms in total. The molecule has 0 saturated heterocycles. The van der Waals surface area contributed by atoms with Crippen molar-refractivity contribution in [1.29, 1.82) is 0 Å². The molecule has 1 atom stereocenters. The molecule has 0 N–H and O–H groups in total. The van der Waals surface area contributed by atoms with Crippen LogP contribution in [0.3, 0.4) is 0 Å². The van der Waals surface area contributed by atoms with Crippen LogP contribution in [0.25, 0.3) is 0 Å². The fourth-order valence-corrected chi connectivity index (χ4v) is 3.35. The zero-order valence-corrected chi connectivity index (χ0v) is 14.8. The summed E-state index contributed by atoms with van der Waals surface area (Å²) in [6, 6.07) is 18.3. The van der Waals surface area contributed by atoms with Crippen molar-refractivity contribution in [3.05, 3.63) is 82.9 Å². The number of rotatable bonds is 6. The zero-order valence-electron chi connectivity index (χ0n) is 14.8. The SMILES string of the molecule is Cn1c(CCc2ccccc2)nnc1COC(=O)C1Cc2ccccc21. The molecular formula is C21H21N3O2. The van der Waals surface area contributed by atoms with Gasteiger partial charge in [-0.3, -0.25) is 4.79 Å². The summed E-state index contributed by atoms with van der Waals surface area (Å²) < 4.78 is 7.41. The van der Waals surface area contributed by atoms with Crippen LogP contribution in [0.5, 0.6) is 0 Å². The van der Waals surface area contributed by atoms with Gasteiger partial charge in [0.2, 0.25) is 0 Å². The summed E-state index contributed by atoms with van der Waals surface area (Å²) in [6.45, 7) is 0.159. The summed E-state index contributed by atoms with van der Waals surface area (Å²) >= 11 is 0. The lowest BCUT2D eigenvalue weighted by molar-refractivity contribution is -0.147. The smallest absolute Gasteiger partial charge is 0.314 e. The standard InChI is InChI=1S/C21H21N3O2/c1-24-19(12-11-15-7-3-2-4-8-15)22-23-20(24)14-26-21(25)18-13-16-9-5-6-10-17(16)18/h2-10,18H,11-14H2,1H3. The van der Waals surface area contributed by atoms with E-state index in [1.165, 1.54) is 11.1 Å². The van der Waals surface area contributed by atoms with Crippen LogP contribution in [-0.2, 0) is 42.4 Å². The first-order valence-electron chi connectivity index (χ1n) is 8.88. The molecule has 0 fully saturated rings. The number of carbonyl (C=O) groups is 1. The van der Waals surface area contributed by atoms with E-state index in [0.29, 0.717) is 5.82 Å². The van der Waals surface area contributed by atoms with Gasteiger partial charge < -0.3 is 9.30 Å². The average Bonchev–Trinajstić information content (AvgIpc) is 3.00. The first-order chi connectivity index (χ1) is 12.7. The Kier molecular flexibility index (Phi) is 4.52. The topological polar surface area (TPSA) is 57.0 Å². The van der Waals surface area contributed by atoms with Gasteiger partial charge in [0.05, 0.1) is 5.92 Å². The Morgan fingerprint density at radius 1 is 1.04 bits per heavy atom. The molecule has 0 amide bonds. The second-order valence-corrected chi connectivity index (χ2v) is 6.64. The third kappa shape index (κ3) is 3.25. The van der Waals surface area contributed by atoms with Gasteiger partial charge in [0.15, 0.2) is 12.4 Å². The van der Waals surface area contributed by atoms with Gasteiger partial charge in [0, 0.05) is 13.5 Å². The highest BCUT2D eigenvalue weighted by Crippen LogP contribution is 2.35. The lowest BCUT2D eigenvalue weighted by Crippen LogP contribution is -2.27. The molecule has 0 radical (unpaired) electrons. The Hall–Kier alpha value is -2.95. The van der Waals surface area contributed by atoms with Crippen LogP contribution in [0.4, 0.5) is 0 Å². The second-order valence-electron chi connectivity index (χ2n) is 6.64. The first-order valence-corrected chi connectivity index (χ1v) is 8.88. The van der Waals surface area contributed by atoms with Crippen LogP contribution in [-0.4, -0.2) is 20.7 Å². The molecule has 5 heteroatoms. The van der Waals surface area contributed by atoms with E-state index in [1.807, 2.05) is 48.0 Å².